The highest BCUT2D eigenvalue weighted by Crippen LogP contribution is 2.21. The van der Waals surface area contributed by atoms with Gasteiger partial charge in [-0.3, -0.25) is 9.20 Å². The number of fused-ring (bicyclic) bond motifs is 1. The Morgan fingerprint density at radius 3 is 2.62 bits per heavy atom. The van der Waals surface area contributed by atoms with Crippen LogP contribution < -0.4 is 10.9 Å². The second kappa shape index (κ2) is 7.28. The van der Waals surface area contributed by atoms with Crippen molar-refractivity contribution >= 4 is 21.6 Å². The molecule has 0 unspecified atom stereocenters. The third-order valence-corrected chi connectivity index (χ3v) is 4.47. The summed E-state index contributed by atoms with van der Waals surface area (Å²) in [4.78, 5) is 16.9. The van der Waals surface area contributed by atoms with Crippen LogP contribution in [0, 0.1) is 5.92 Å². The van der Waals surface area contributed by atoms with E-state index in [4.69, 9.17) is 0 Å². The number of nitrogens with zero attached hydrogens (tertiary/aromatic N) is 2. The van der Waals surface area contributed by atoms with Crippen LogP contribution in [-0.2, 0) is 6.54 Å². The van der Waals surface area contributed by atoms with Gasteiger partial charge in [-0.25, -0.2) is 4.98 Å². The molecule has 0 saturated carbocycles. The van der Waals surface area contributed by atoms with Gasteiger partial charge in [0.15, 0.2) is 0 Å². The Hall–Kier alpha value is -1.98. The van der Waals surface area contributed by atoms with Crippen LogP contribution in [0.2, 0.25) is 0 Å². The molecule has 124 valence electrons. The van der Waals surface area contributed by atoms with Crippen molar-refractivity contribution in [2.24, 2.45) is 5.92 Å². The molecule has 0 aliphatic rings. The number of hydrogen-bond acceptors (Lipinski definition) is 3. The quantitative estimate of drug-likeness (QED) is 0.723. The lowest BCUT2D eigenvalue weighted by Gasteiger charge is -2.23. The lowest BCUT2D eigenvalue weighted by molar-refractivity contribution is 0.408. The average molecular weight is 386 g/mol. The second-order valence-electron chi connectivity index (χ2n) is 6.17. The van der Waals surface area contributed by atoms with E-state index < -0.39 is 0 Å². The molecule has 3 rings (SSSR count). The van der Waals surface area contributed by atoms with Gasteiger partial charge in [0.25, 0.3) is 5.56 Å². The Morgan fingerprint density at radius 1 is 1.17 bits per heavy atom. The first-order valence-electron chi connectivity index (χ1n) is 8.01. The molecule has 5 heteroatoms. The number of benzene rings is 1. The Morgan fingerprint density at radius 2 is 1.92 bits per heavy atom. The summed E-state index contributed by atoms with van der Waals surface area (Å²) in [6, 6.07) is 15.9. The molecule has 24 heavy (non-hydrogen) atoms. The van der Waals surface area contributed by atoms with Crippen LogP contribution in [0.1, 0.15) is 31.1 Å². The van der Waals surface area contributed by atoms with E-state index in [1.165, 1.54) is 5.56 Å². The minimum absolute atomic E-state index is 0.0705. The third kappa shape index (κ3) is 3.74. The van der Waals surface area contributed by atoms with Gasteiger partial charge in [0, 0.05) is 29.3 Å². The van der Waals surface area contributed by atoms with E-state index in [0.29, 0.717) is 18.1 Å². The maximum Gasteiger partial charge on any atom is 0.258 e. The van der Waals surface area contributed by atoms with Gasteiger partial charge in [0.1, 0.15) is 5.65 Å². The first-order chi connectivity index (χ1) is 11.5. The fourth-order valence-electron chi connectivity index (χ4n) is 2.83. The van der Waals surface area contributed by atoms with E-state index in [1.54, 1.807) is 16.7 Å². The maximum absolute atomic E-state index is 12.3. The van der Waals surface area contributed by atoms with Crippen LogP contribution in [-0.4, -0.2) is 9.38 Å². The Bertz CT molecular complexity index is 890. The number of halogens is 1. The van der Waals surface area contributed by atoms with Gasteiger partial charge < -0.3 is 5.32 Å². The summed E-state index contributed by atoms with van der Waals surface area (Å²) in [5, 5.41) is 3.54. The molecule has 4 nitrogen and oxygen atoms in total. The van der Waals surface area contributed by atoms with Crippen LogP contribution in [0.25, 0.3) is 5.65 Å². The normalized spacial score (nSPS) is 12.7. The minimum atomic E-state index is -0.0705. The molecule has 0 fully saturated rings. The summed E-state index contributed by atoms with van der Waals surface area (Å²) in [5.41, 5.74) is 2.58. The predicted octanol–water partition coefficient (Wildman–Crippen LogP) is 3.94. The molecule has 0 saturated heterocycles. The molecule has 0 spiro atoms. The van der Waals surface area contributed by atoms with Crippen LogP contribution in [0.4, 0.5) is 0 Å². The van der Waals surface area contributed by atoms with Gasteiger partial charge in [0.2, 0.25) is 0 Å². The molecule has 1 atom stereocenters. The Labute approximate surface area is 149 Å². The fraction of sp³-hybridized carbons (Fsp3) is 0.263. The molecular formula is C19H20BrN3O. The molecule has 0 aliphatic heterocycles. The van der Waals surface area contributed by atoms with E-state index in [2.05, 4.69) is 52.2 Å². The van der Waals surface area contributed by atoms with Crippen molar-refractivity contribution in [1.82, 2.24) is 14.7 Å². The number of rotatable bonds is 5. The molecule has 3 aromatic rings. The monoisotopic (exact) mass is 385 g/mol. The van der Waals surface area contributed by atoms with Crippen LogP contribution in [0.15, 0.2) is 64.0 Å². The van der Waals surface area contributed by atoms with Crippen molar-refractivity contribution in [2.75, 3.05) is 0 Å². The van der Waals surface area contributed by atoms with Crippen molar-refractivity contribution in [2.45, 2.75) is 26.4 Å². The zero-order valence-electron chi connectivity index (χ0n) is 13.7. The molecule has 1 aromatic carbocycles. The smallest absolute Gasteiger partial charge is 0.258 e. The van der Waals surface area contributed by atoms with Crippen LogP contribution >= 0.6 is 15.9 Å². The van der Waals surface area contributed by atoms with Crippen molar-refractivity contribution in [1.29, 1.82) is 0 Å². The summed E-state index contributed by atoms with van der Waals surface area (Å²) >= 11 is 3.38. The van der Waals surface area contributed by atoms with E-state index >= 15 is 0 Å². The molecule has 2 heterocycles. The van der Waals surface area contributed by atoms with Crippen molar-refractivity contribution in [3.8, 4) is 0 Å². The topological polar surface area (TPSA) is 46.4 Å². The molecular weight excluding hydrogens is 366 g/mol. The number of hydrogen-bond donors (Lipinski definition) is 1. The lowest BCUT2D eigenvalue weighted by Crippen LogP contribution is -2.27. The van der Waals surface area contributed by atoms with Crippen LogP contribution in [0.5, 0.6) is 0 Å². The standard InChI is InChI=1S/C19H20BrN3O/c1-13(2)19(14-6-4-3-5-7-14)21-11-16-10-18(24)23-12-15(20)8-9-17(23)22-16/h3-10,12-13,19,21H,11H2,1-2H3/t19-/m0/s1. The molecule has 0 aliphatic carbocycles. The molecule has 0 amide bonds. The lowest BCUT2D eigenvalue weighted by atomic mass is 9.96. The summed E-state index contributed by atoms with van der Waals surface area (Å²) in [6.07, 6.45) is 1.74. The number of pyridine rings is 1. The highest BCUT2D eigenvalue weighted by Gasteiger charge is 2.15. The van der Waals surface area contributed by atoms with Crippen molar-refractivity contribution in [3.05, 3.63) is 80.8 Å². The van der Waals surface area contributed by atoms with E-state index in [0.717, 1.165) is 10.2 Å². The zero-order chi connectivity index (χ0) is 17.1. The average Bonchev–Trinajstić information content (AvgIpc) is 2.56. The van der Waals surface area contributed by atoms with Crippen molar-refractivity contribution in [3.63, 3.8) is 0 Å². The SMILES string of the molecule is CC(C)[C@H](NCc1cc(=O)n2cc(Br)ccc2n1)c1ccccc1. The Balaban J connectivity index is 1.84. The van der Waals surface area contributed by atoms with Crippen molar-refractivity contribution < 1.29 is 0 Å². The van der Waals surface area contributed by atoms with Gasteiger partial charge in [-0.2, -0.15) is 0 Å². The van der Waals surface area contributed by atoms with Gasteiger partial charge >= 0.3 is 0 Å². The van der Waals surface area contributed by atoms with Gasteiger partial charge in [-0.1, -0.05) is 44.2 Å². The largest absolute Gasteiger partial charge is 0.304 e. The molecule has 1 N–H and O–H groups in total. The van der Waals surface area contributed by atoms with Gasteiger partial charge in [-0.15, -0.1) is 0 Å². The highest BCUT2D eigenvalue weighted by atomic mass is 79.9. The van der Waals surface area contributed by atoms with E-state index in [9.17, 15) is 4.79 Å². The zero-order valence-corrected chi connectivity index (χ0v) is 15.3. The van der Waals surface area contributed by atoms with E-state index in [1.807, 2.05) is 30.3 Å². The fourth-order valence-corrected chi connectivity index (χ4v) is 3.17. The first-order valence-corrected chi connectivity index (χ1v) is 8.80. The molecule has 0 bridgehead atoms. The third-order valence-electron chi connectivity index (χ3n) is 4.01. The van der Waals surface area contributed by atoms with Gasteiger partial charge in [-0.05, 0) is 39.5 Å². The summed E-state index contributed by atoms with van der Waals surface area (Å²) < 4.78 is 2.40. The predicted molar refractivity (Wildman–Crippen MR) is 100 cm³/mol. The maximum atomic E-state index is 12.3. The summed E-state index contributed by atoms with van der Waals surface area (Å²) in [5.74, 6) is 0.435. The van der Waals surface area contributed by atoms with E-state index in [-0.39, 0.29) is 11.6 Å². The molecule has 0 radical (unpaired) electrons. The minimum Gasteiger partial charge on any atom is -0.304 e. The number of nitrogens with one attached hydrogen (secondary N) is 1. The summed E-state index contributed by atoms with van der Waals surface area (Å²) in [6.45, 7) is 4.93. The Kier molecular flexibility index (Phi) is 5.11. The summed E-state index contributed by atoms with van der Waals surface area (Å²) in [7, 11) is 0. The first kappa shape index (κ1) is 16.9. The molecule has 2 aromatic heterocycles. The highest BCUT2D eigenvalue weighted by molar-refractivity contribution is 9.10. The number of aromatic nitrogens is 2. The second-order valence-corrected chi connectivity index (χ2v) is 7.09. The van der Waals surface area contributed by atoms with Gasteiger partial charge in [0.05, 0.1) is 5.69 Å². The van der Waals surface area contributed by atoms with Crippen LogP contribution in [0.3, 0.4) is 0 Å².